The molecule has 0 heterocycles. The van der Waals surface area contributed by atoms with E-state index in [2.05, 4.69) is 37.2 Å². The van der Waals surface area contributed by atoms with Crippen LogP contribution in [0.5, 0.6) is 0 Å². The molecule has 7 amide bonds. The summed E-state index contributed by atoms with van der Waals surface area (Å²) in [6, 6.07) is 3.87. The van der Waals surface area contributed by atoms with E-state index in [9.17, 15) is 65.9 Å². The number of ketones is 1. The summed E-state index contributed by atoms with van der Waals surface area (Å²) in [6.07, 6.45) is -9.69. The van der Waals surface area contributed by atoms with Crippen molar-refractivity contribution in [1.82, 2.24) is 37.2 Å². The molecule has 2 aromatic carbocycles. The summed E-state index contributed by atoms with van der Waals surface area (Å²) in [5, 5.41) is 17.3. The van der Waals surface area contributed by atoms with Gasteiger partial charge in [-0.1, -0.05) is 96.1 Å². The van der Waals surface area contributed by atoms with Crippen molar-refractivity contribution in [1.29, 1.82) is 0 Å². The first kappa shape index (κ1) is 73.7. The maximum atomic E-state index is 14.8. The largest absolute Gasteiger partial charge is 0.460 e. The average molecular weight is 1200 g/mol. The van der Waals surface area contributed by atoms with Crippen LogP contribution in [0.25, 0.3) is 0 Å². The molecule has 0 aromatic heterocycles. The molecule has 474 valence electrons. The van der Waals surface area contributed by atoms with Crippen LogP contribution in [0.4, 0.5) is 13.2 Å². The molecule has 0 bridgehead atoms. The summed E-state index contributed by atoms with van der Waals surface area (Å²) < 4.78 is 58.4. The molecule has 21 nitrogen and oxygen atoms in total. The Bertz CT molecular complexity index is 2660. The van der Waals surface area contributed by atoms with Gasteiger partial charge in [0.25, 0.3) is 5.91 Å². The fourth-order valence-electron chi connectivity index (χ4n) is 8.45. The van der Waals surface area contributed by atoms with Gasteiger partial charge in [-0.15, -0.1) is 0 Å². The third kappa shape index (κ3) is 28.8. The van der Waals surface area contributed by atoms with E-state index in [0.717, 1.165) is 0 Å². The van der Waals surface area contributed by atoms with Gasteiger partial charge in [-0.25, -0.2) is 0 Å². The van der Waals surface area contributed by atoms with Crippen LogP contribution >= 0.6 is 0 Å². The number of Topliss-reactive ketones (excluding diaryl/α,β-unsaturated/α-hetero) is 1. The maximum Gasteiger partial charge on any atom is 0.391 e. The number of hydrogen-bond donors (Lipinski definition) is 7. The number of amides is 7. The van der Waals surface area contributed by atoms with E-state index in [4.69, 9.17) is 14.2 Å². The molecule has 0 aliphatic carbocycles. The van der Waals surface area contributed by atoms with Crippen LogP contribution in [0.1, 0.15) is 178 Å². The standard InChI is InChI=1S/C61H90F3N7O14/c1-17-39(37-24-19-18-20-25-37)66-55(81)49(76)44(34-61(62,63)64)70-52(78)41(31-35(2)3)69-56(82)50(57(5,6)7)71-54(80)42(32-38-26-22-21-23-36(38)4)68-51(77)40(27-29-46(73)83-58(8,9)10)67-53(79)43(33-48(75)85-60(14,15)16)65-45(72)28-30-47(74)84-59(11,12)13/h18-26,35,39-44,50H,17,27-34H2,1-16H3,(H,65,72)(H,66,81)(H,67,79)(H,68,77)(H,69,82)(H,70,78)(H,71,80)/t39-,40-,41-,42-,43-,44?,50+/m0/s1. The Morgan fingerprint density at radius 3 is 1.49 bits per heavy atom. The minimum absolute atomic E-state index is 0.190. The zero-order valence-corrected chi connectivity index (χ0v) is 52.0. The second-order valence-electron chi connectivity index (χ2n) is 25.5. The molecule has 2 rings (SSSR count). The summed E-state index contributed by atoms with van der Waals surface area (Å²) >= 11 is 0. The molecule has 0 saturated heterocycles. The predicted molar refractivity (Wildman–Crippen MR) is 309 cm³/mol. The number of hydrogen-bond acceptors (Lipinski definition) is 14. The van der Waals surface area contributed by atoms with Gasteiger partial charge in [0, 0.05) is 19.3 Å². The van der Waals surface area contributed by atoms with Crippen LogP contribution in [-0.4, -0.2) is 124 Å². The molecular weight excluding hydrogens is 1110 g/mol. The Morgan fingerprint density at radius 2 is 0.976 bits per heavy atom. The number of carbonyl (C=O) groups is 11. The molecule has 7 atom stereocenters. The highest BCUT2D eigenvalue weighted by Crippen LogP contribution is 2.25. The second-order valence-corrected chi connectivity index (χ2v) is 25.5. The summed E-state index contributed by atoms with van der Waals surface area (Å²) in [4.78, 5) is 151. The first-order chi connectivity index (χ1) is 39.0. The van der Waals surface area contributed by atoms with Crippen LogP contribution in [0.2, 0.25) is 0 Å². The zero-order chi connectivity index (χ0) is 65.0. The number of halogens is 3. The maximum absolute atomic E-state index is 14.8. The van der Waals surface area contributed by atoms with Gasteiger partial charge in [0.05, 0.1) is 25.3 Å². The summed E-state index contributed by atoms with van der Waals surface area (Å²) in [6.45, 7) is 25.9. The Kier molecular flexibility index (Phi) is 27.9. The van der Waals surface area contributed by atoms with Gasteiger partial charge in [0.15, 0.2) is 0 Å². The zero-order valence-electron chi connectivity index (χ0n) is 52.0. The third-order valence-electron chi connectivity index (χ3n) is 12.4. The van der Waals surface area contributed by atoms with E-state index in [0.29, 0.717) is 16.7 Å². The second kappa shape index (κ2) is 32.2. The number of carbonyl (C=O) groups excluding carboxylic acids is 11. The van der Waals surface area contributed by atoms with Crippen LogP contribution in [0.3, 0.4) is 0 Å². The first-order valence-electron chi connectivity index (χ1n) is 28.4. The quantitative estimate of drug-likeness (QED) is 0.0267. The molecule has 1 unspecified atom stereocenters. The predicted octanol–water partition coefficient (Wildman–Crippen LogP) is 6.30. The fraction of sp³-hybridized carbons (Fsp3) is 0.623. The third-order valence-corrected chi connectivity index (χ3v) is 12.4. The van der Waals surface area contributed by atoms with Gasteiger partial charge >= 0.3 is 24.1 Å². The van der Waals surface area contributed by atoms with Gasteiger partial charge < -0.3 is 51.4 Å². The van der Waals surface area contributed by atoms with E-state index in [1.807, 2.05) is 0 Å². The van der Waals surface area contributed by atoms with Gasteiger partial charge in [0.2, 0.25) is 41.2 Å². The molecule has 0 aliphatic rings. The highest BCUT2D eigenvalue weighted by atomic mass is 19.4. The van der Waals surface area contributed by atoms with Crippen LogP contribution in [0.15, 0.2) is 54.6 Å². The van der Waals surface area contributed by atoms with Crippen LogP contribution in [-0.2, 0) is 73.4 Å². The normalized spacial score (nSPS) is 14.5. The van der Waals surface area contributed by atoms with Crippen molar-refractivity contribution in [3.8, 4) is 0 Å². The highest BCUT2D eigenvalue weighted by molar-refractivity contribution is 6.38. The Balaban J connectivity index is 2.63. The first-order valence-corrected chi connectivity index (χ1v) is 28.4. The lowest BCUT2D eigenvalue weighted by Gasteiger charge is -2.34. The summed E-state index contributed by atoms with van der Waals surface area (Å²) in [5.74, 6) is -12.0. The van der Waals surface area contributed by atoms with Gasteiger partial charge in [0.1, 0.15) is 53.1 Å². The van der Waals surface area contributed by atoms with E-state index < -0.39 is 180 Å². The number of nitrogens with one attached hydrogen (secondary N) is 7. The Labute approximate surface area is 497 Å². The molecule has 24 heteroatoms. The number of ether oxygens (including phenoxy) is 3. The van der Waals surface area contributed by atoms with Crippen molar-refractivity contribution >= 4 is 65.0 Å². The SMILES string of the molecule is CC[C@H](NC(=O)C(=O)C(CC(F)(F)F)NC(=O)[C@H](CC(C)C)NC(=O)[C@@H](NC(=O)[C@H](Cc1ccccc1C)NC(=O)[C@H](CCC(=O)OC(C)(C)C)NC(=O)[C@H](CC(=O)OC(C)(C)C)NC(=O)CCC(=O)OC(C)(C)C)C(C)(C)C)c1ccccc1. The van der Waals surface area contributed by atoms with Crippen molar-refractivity contribution in [3.05, 3.63) is 71.3 Å². The monoisotopic (exact) mass is 1200 g/mol. The number of benzene rings is 2. The molecular formula is C61H90F3N7O14. The van der Waals surface area contributed by atoms with Crippen molar-refractivity contribution < 1.29 is 80.1 Å². The van der Waals surface area contributed by atoms with Crippen molar-refractivity contribution in [2.75, 3.05) is 0 Å². The smallest absolute Gasteiger partial charge is 0.391 e. The minimum atomic E-state index is -5.04. The number of alkyl halides is 3. The lowest BCUT2D eigenvalue weighted by atomic mass is 9.85. The molecule has 0 fully saturated rings. The Morgan fingerprint density at radius 1 is 0.506 bits per heavy atom. The molecule has 0 aliphatic heterocycles. The topological polar surface area (TPSA) is 300 Å². The lowest BCUT2D eigenvalue weighted by molar-refractivity contribution is -0.158. The van der Waals surface area contributed by atoms with Crippen molar-refractivity contribution in [2.24, 2.45) is 11.3 Å². The molecule has 0 spiro atoms. The molecule has 7 N–H and O–H groups in total. The number of rotatable bonds is 29. The average Bonchev–Trinajstić information content (AvgIpc) is 3.47. The number of esters is 3. The molecule has 85 heavy (non-hydrogen) atoms. The van der Waals surface area contributed by atoms with Crippen LogP contribution in [0, 0.1) is 18.3 Å². The van der Waals surface area contributed by atoms with Gasteiger partial charge in [-0.05, 0) is 117 Å². The Hall–Kier alpha value is -7.40. The fourth-order valence-corrected chi connectivity index (χ4v) is 8.45. The molecule has 0 saturated carbocycles. The summed E-state index contributed by atoms with van der Waals surface area (Å²) in [7, 11) is 0. The van der Waals surface area contributed by atoms with Gasteiger partial charge in [-0.3, -0.25) is 52.7 Å². The molecule has 0 radical (unpaired) electrons. The van der Waals surface area contributed by atoms with Gasteiger partial charge in [-0.2, -0.15) is 13.2 Å². The lowest BCUT2D eigenvalue weighted by Crippen LogP contribution is -2.62. The summed E-state index contributed by atoms with van der Waals surface area (Å²) in [5.41, 5.74) is -2.29. The van der Waals surface area contributed by atoms with E-state index >= 15 is 0 Å². The van der Waals surface area contributed by atoms with Crippen molar-refractivity contribution in [3.63, 3.8) is 0 Å². The van der Waals surface area contributed by atoms with E-state index in [1.54, 1.807) is 165 Å². The van der Waals surface area contributed by atoms with Crippen molar-refractivity contribution in [2.45, 2.75) is 234 Å². The number of aryl methyl sites for hydroxylation is 1. The van der Waals surface area contributed by atoms with E-state index in [-0.39, 0.29) is 19.3 Å². The highest BCUT2D eigenvalue weighted by Gasteiger charge is 2.42. The molecule has 2 aromatic rings. The minimum Gasteiger partial charge on any atom is -0.460 e. The van der Waals surface area contributed by atoms with Crippen LogP contribution < -0.4 is 37.2 Å². The van der Waals surface area contributed by atoms with E-state index in [1.165, 1.54) is 0 Å².